The Balaban J connectivity index is 0.000000858. The number of halogens is 2. The maximum absolute atomic E-state index is 13.2. The Bertz CT molecular complexity index is 807. The second-order valence-corrected chi connectivity index (χ2v) is 8.83. The van der Waals surface area contributed by atoms with Gasteiger partial charge in [-0.15, -0.1) is 0 Å². The zero-order valence-electron chi connectivity index (χ0n) is 17.4. The maximum atomic E-state index is 13.2. The molecule has 1 atom stereocenters. The monoisotopic (exact) mass is 454 g/mol. The number of carbonyl (C=O) groups is 3. The molecule has 7 nitrogen and oxygen atoms in total. The van der Waals surface area contributed by atoms with Crippen LogP contribution in [0.1, 0.15) is 37.7 Å². The number of rotatable bonds is 4. The van der Waals surface area contributed by atoms with Gasteiger partial charge in [-0.3, -0.25) is 19.3 Å². The third-order valence-corrected chi connectivity index (χ3v) is 6.77. The lowest BCUT2D eigenvalue weighted by Gasteiger charge is -2.36. The van der Waals surface area contributed by atoms with Crippen molar-refractivity contribution >= 4 is 29.9 Å². The van der Waals surface area contributed by atoms with E-state index in [-0.39, 0.29) is 35.9 Å². The van der Waals surface area contributed by atoms with Gasteiger partial charge in [0.2, 0.25) is 5.91 Å². The zero-order chi connectivity index (χ0) is 22.4. The Morgan fingerprint density at radius 1 is 1.26 bits per heavy atom. The van der Waals surface area contributed by atoms with Gasteiger partial charge < -0.3 is 14.7 Å². The second-order valence-electron chi connectivity index (χ2n) is 8.42. The quantitative estimate of drug-likeness (QED) is 0.556. The average Bonchev–Trinajstić information content (AvgIpc) is 3.34. The van der Waals surface area contributed by atoms with Crippen LogP contribution in [0.15, 0.2) is 18.2 Å². The SMILES string of the molecule is O=C(Cc1ccc(F)cc1Cl)N1CCC2(CC1)CC(CN1CCCC1)OC2=O.O=CO. The van der Waals surface area contributed by atoms with E-state index in [1.807, 2.05) is 0 Å². The highest BCUT2D eigenvalue weighted by Crippen LogP contribution is 2.43. The van der Waals surface area contributed by atoms with Gasteiger partial charge in [-0.2, -0.15) is 0 Å². The molecule has 1 amide bonds. The number of nitrogens with zero attached hydrogens (tertiary/aromatic N) is 2. The number of likely N-dealkylation sites (tertiary alicyclic amines) is 2. The Morgan fingerprint density at radius 2 is 1.90 bits per heavy atom. The van der Waals surface area contributed by atoms with Gasteiger partial charge in [0.05, 0.1) is 11.8 Å². The van der Waals surface area contributed by atoms with E-state index in [0.29, 0.717) is 31.5 Å². The molecule has 0 saturated carbocycles. The second kappa shape index (κ2) is 10.4. The topological polar surface area (TPSA) is 87.2 Å². The van der Waals surface area contributed by atoms with E-state index >= 15 is 0 Å². The molecule has 170 valence electrons. The van der Waals surface area contributed by atoms with E-state index in [1.165, 1.54) is 25.0 Å². The van der Waals surface area contributed by atoms with Crippen molar-refractivity contribution in [3.63, 3.8) is 0 Å². The van der Waals surface area contributed by atoms with Crippen molar-refractivity contribution < 1.29 is 28.6 Å². The van der Waals surface area contributed by atoms with Crippen molar-refractivity contribution in [1.82, 2.24) is 9.80 Å². The van der Waals surface area contributed by atoms with E-state index in [9.17, 15) is 14.0 Å². The number of ether oxygens (including phenoxy) is 1. The fraction of sp³-hybridized carbons (Fsp3) is 0.591. The molecule has 3 heterocycles. The molecule has 9 heteroatoms. The number of amides is 1. The average molecular weight is 455 g/mol. The molecule has 4 rings (SSSR count). The van der Waals surface area contributed by atoms with Crippen LogP contribution in [0.5, 0.6) is 0 Å². The smallest absolute Gasteiger partial charge is 0.312 e. The maximum Gasteiger partial charge on any atom is 0.312 e. The van der Waals surface area contributed by atoms with E-state index in [2.05, 4.69) is 4.90 Å². The lowest BCUT2D eigenvalue weighted by atomic mass is 9.76. The summed E-state index contributed by atoms with van der Waals surface area (Å²) < 4.78 is 18.9. The number of hydrogen-bond acceptors (Lipinski definition) is 5. The number of hydrogen-bond donors (Lipinski definition) is 1. The summed E-state index contributed by atoms with van der Waals surface area (Å²) in [6, 6.07) is 4.09. The molecule has 3 aliphatic rings. The molecule has 3 aliphatic heterocycles. The molecule has 1 aromatic rings. The van der Waals surface area contributed by atoms with Gasteiger partial charge in [0.1, 0.15) is 11.9 Å². The molecule has 0 radical (unpaired) electrons. The minimum Gasteiger partial charge on any atom is -0.483 e. The molecule has 3 fully saturated rings. The third-order valence-electron chi connectivity index (χ3n) is 6.42. The van der Waals surface area contributed by atoms with Crippen molar-refractivity contribution in [2.24, 2.45) is 5.41 Å². The Hall–Kier alpha value is -2.19. The molecule has 0 aromatic heterocycles. The summed E-state index contributed by atoms with van der Waals surface area (Å²) in [6.07, 6.45) is 4.62. The highest BCUT2D eigenvalue weighted by atomic mass is 35.5. The first-order chi connectivity index (χ1) is 14.9. The predicted octanol–water partition coefficient (Wildman–Crippen LogP) is 2.74. The van der Waals surface area contributed by atoms with Crippen LogP contribution in [0.4, 0.5) is 4.39 Å². The lowest BCUT2D eigenvalue weighted by Crippen LogP contribution is -2.45. The van der Waals surface area contributed by atoms with Crippen LogP contribution in [0, 0.1) is 11.2 Å². The van der Waals surface area contributed by atoms with E-state index in [4.69, 9.17) is 26.2 Å². The molecule has 1 spiro atoms. The molecular weight excluding hydrogens is 427 g/mol. The van der Waals surface area contributed by atoms with Gasteiger partial charge in [-0.25, -0.2) is 4.39 Å². The van der Waals surface area contributed by atoms with E-state index < -0.39 is 11.2 Å². The fourth-order valence-corrected chi connectivity index (χ4v) is 4.96. The van der Waals surface area contributed by atoms with Crippen molar-refractivity contribution in [3.05, 3.63) is 34.6 Å². The van der Waals surface area contributed by atoms with Gasteiger partial charge in [-0.1, -0.05) is 17.7 Å². The normalized spacial score (nSPS) is 22.7. The predicted molar refractivity (Wildman–Crippen MR) is 112 cm³/mol. The molecule has 0 aliphatic carbocycles. The summed E-state index contributed by atoms with van der Waals surface area (Å²) in [6.45, 7) is 3.86. The number of carboxylic acid groups (broad SMARTS) is 1. The van der Waals surface area contributed by atoms with Gasteiger partial charge in [0, 0.05) is 31.1 Å². The summed E-state index contributed by atoms with van der Waals surface area (Å²) in [4.78, 5) is 37.7. The van der Waals surface area contributed by atoms with Crippen molar-refractivity contribution in [1.29, 1.82) is 0 Å². The molecule has 1 aromatic carbocycles. The Morgan fingerprint density at radius 3 is 2.52 bits per heavy atom. The van der Waals surface area contributed by atoms with Crippen molar-refractivity contribution in [2.75, 3.05) is 32.7 Å². The zero-order valence-corrected chi connectivity index (χ0v) is 18.2. The highest BCUT2D eigenvalue weighted by Gasteiger charge is 2.51. The molecule has 1 unspecified atom stereocenters. The van der Waals surface area contributed by atoms with E-state index in [0.717, 1.165) is 26.1 Å². The standard InChI is InChI=1S/C21H26ClFN2O3.CH2O2/c22-18-12-16(23)4-3-15(18)11-19(26)25-9-5-21(6-10-25)13-17(28-20(21)27)14-24-7-1-2-8-24;2-1-3/h3-4,12,17H,1-2,5-11,13-14H2;1H,(H,2,3). The lowest BCUT2D eigenvalue weighted by molar-refractivity contribution is -0.152. The summed E-state index contributed by atoms with van der Waals surface area (Å²) in [5.74, 6) is -0.543. The number of carbonyl (C=O) groups excluding carboxylic acids is 2. The van der Waals surface area contributed by atoms with Crippen molar-refractivity contribution in [2.45, 2.75) is 44.6 Å². The van der Waals surface area contributed by atoms with Crippen LogP contribution < -0.4 is 0 Å². The third kappa shape index (κ3) is 5.74. The summed E-state index contributed by atoms with van der Waals surface area (Å²) in [7, 11) is 0. The minimum atomic E-state index is -0.436. The van der Waals surface area contributed by atoms with Crippen LogP contribution in [0.25, 0.3) is 0 Å². The largest absolute Gasteiger partial charge is 0.483 e. The molecule has 31 heavy (non-hydrogen) atoms. The number of esters is 1. The number of benzene rings is 1. The van der Waals surface area contributed by atoms with Crippen LogP contribution in [0.3, 0.4) is 0 Å². The molecular formula is C22H28ClFN2O5. The molecule has 0 bridgehead atoms. The molecule has 1 N–H and O–H groups in total. The Labute approximate surface area is 186 Å². The number of cyclic esters (lactones) is 1. The van der Waals surface area contributed by atoms with Crippen LogP contribution in [-0.4, -0.2) is 72.1 Å². The first-order valence-electron chi connectivity index (χ1n) is 10.6. The van der Waals surface area contributed by atoms with Crippen molar-refractivity contribution in [3.8, 4) is 0 Å². The van der Waals surface area contributed by atoms with Crippen LogP contribution in [0.2, 0.25) is 5.02 Å². The summed E-state index contributed by atoms with van der Waals surface area (Å²) in [5, 5.41) is 7.16. The van der Waals surface area contributed by atoms with Gasteiger partial charge in [-0.05, 0) is 56.5 Å². The minimum absolute atomic E-state index is 0.0223. The first kappa shape index (κ1) is 23.5. The molecule has 3 saturated heterocycles. The van der Waals surface area contributed by atoms with Gasteiger partial charge in [0.15, 0.2) is 0 Å². The highest BCUT2D eigenvalue weighted by molar-refractivity contribution is 6.31. The Kier molecular flexibility index (Phi) is 7.89. The van der Waals surface area contributed by atoms with E-state index in [1.54, 1.807) is 11.0 Å². The summed E-state index contributed by atoms with van der Waals surface area (Å²) in [5.41, 5.74) is 0.189. The van der Waals surface area contributed by atoms with Crippen LogP contribution >= 0.6 is 11.6 Å². The first-order valence-corrected chi connectivity index (χ1v) is 11.0. The number of piperidine rings is 1. The summed E-state index contributed by atoms with van der Waals surface area (Å²) >= 11 is 6.04. The van der Waals surface area contributed by atoms with Crippen LogP contribution in [-0.2, 0) is 25.5 Å². The van der Waals surface area contributed by atoms with Gasteiger partial charge >= 0.3 is 5.97 Å². The fourth-order valence-electron chi connectivity index (χ4n) is 4.72. The van der Waals surface area contributed by atoms with Gasteiger partial charge in [0.25, 0.3) is 6.47 Å².